The van der Waals surface area contributed by atoms with Crippen molar-refractivity contribution in [1.29, 1.82) is 0 Å². The molecule has 5 nitrogen and oxygen atoms in total. The molecule has 0 radical (unpaired) electrons. The van der Waals surface area contributed by atoms with Gasteiger partial charge in [0.15, 0.2) is 0 Å². The lowest BCUT2D eigenvalue weighted by Crippen LogP contribution is -2.03. The molecule has 0 saturated carbocycles. The Morgan fingerprint density at radius 2 is 1.02 bits per heavy atom. The average molecular weight is 621 g/mol. The van der Waals surface area contributed by atoms with Gasteiger partial charge in [-0.15, -0.1) is 0 Å². The first-order valence-corrected chi connectivity index (χ1v) is 15.7. The fourth-order valence-corrected chi connectivity index (χ4v) is 4.88. The van der Waals surface area contributed by atoms with Crippen LogP contribution in [-0.2, 0) is 11.3 Å². The van der Waals surface area contributed by atoms with Gasteiger partial charge in [-0.3, -0.25) is 0 Å². The van der Waals surface area contributed by atoms with Crippen LogP contribution in [0.25, 0.3) is 44.3 Å². The lowest BCUT2D eigenvalue weighted by molar-refractivity contribution is 0.0603. The quantitative estimate of drug-likeness (QED) is 0.198. The molecular weight excluding hydrogens is 580 g/mol. The van der Waals surface area contributed by atoms with Crippen molar-refractivity contribution in [2.24, 2.45) is 0 Å². The number of para-hydroxylation sites is 2. The maximum absolute atomic E-state index is 12.0. The highest BCUT2D eigenvalue weighted by atomic mass is 16.5. The van der Waals surface area contributed by atoms with Gasteiger partial charge in [0, 0.05) is 21.9 Å². The Hall–Kier alpha value is -5.65. The molecule has 0 amide bonds. The zero-order valence-corrected chi connectivity index (χ0v) is 27.3. The normalized spacial score (nSPS) is 9.98. The van der Waals surface area contributed by atoms with Gasteiger partial charge in [0.05, 0.1) is 41.7 Å². The predicted molar refractivity (Wildman–Crippen MR) is 194 cm³/mol. The molecule has 0 atom stereocenters. The lowest BCUT2D eigenvalue weighted by Gasteiger charge is -2.08. The highest BCUT2D eigenvalue weighted by Gasteiger charge is 2.13. The minimum atomic E-state index is -0.346. The fraction of sp³-hybridized carbons (Fsp3) is 0.119. The van der Waals surface area contributed by atoms with Crippen LogP contribution in [0.2, 0.25) is 0 Å². The van der Waals surface area contributed by atoms with E-state index in [-0.39, 0.29) is 12.6 Å². The minimum absolute atomic E-state index is 0.0306. The maximum atomic E-state index is 12.0. The molecule has 47 heavy (non-hydrogen) atoms. The first kappa shape index (κ1) is 34.2. The number of hydrogen-bond acceptors (Lipinski definition) is 5. The molecule has 5 heteroatoms. The summed E-state index contributed by atoms with van der Waals surface area (Å²) in [5.74, 6) is -0.346. The minimum Gasteiger partial charge on any atom is -0.465 e. The molecular formula is C42H40N2O3. The van der Waals surface area contributed by atoms with E-state index in [0.29, 0.717) is 5.56 Å². The topological polar surface area (TPSA) is 72.3 Å². The molecule has 1 N–H and O–H groups in total. The SMILES string of the molecule is CC.COC(=O)c1cc(-c2ccccc2)nc2ccccc12.Cc1ccccc1.OCc1cc(-c2ccccc2)nc2ccccc12. The maximum Gasteiger partial charge on any atom is 0.338 e. The van der Waals surface area contributed by atoms with Gasteiger partial charge < -0.3 is 9.84 Å². The monoisotopic (exact) mass is 620 g/mol. The Morgan fingerprint density at radius 1 is 0.596 bits per heavy atom. The van der Waals surface area contributed by atoms with Crippen LogP contribution in [0.5, 0.6) is 0 Å². The lowest BCUT2D eigenvalue weighted by atomic mass is 10.0. The zero-order chi connectivity index (χ0) is 33.4. The molecule has 0 spiro atoms. The van der Waals surface area contributed by atoms with E-state index in [1.54, 1.807) is 6.07 Å². The summed E-state index contributed by atoms with van der Waals surface area (Å²) < 4.78 is 4.87. The second-order valence-corrected chi connectivity index (χ2v) is 10.3. The van der Waals surface area contributed by atoms with Gasteiger partial charge in [-0.1, -0.05) is 147 Å². The van der Waals surface area contributed by atoms with Crippen molar-refractivity contribution in [3.8, 4) is 22.5 Å². The van der Waals surface area contributed by atoms with Gasteiger partial charge in [-0.25, -0.2) is 14.8 Å². The Morgan fingerprint density at radius 3 is 1.49 bits per heavy atom. The van der Waals surface area contributed by atoms with Crippen LogP contribution < -0.4 is 0 Å². The second-order valence-electron chi connectivity index (χ2n) is 10.3. The van der Waals surface area contributed by atoms with Crippen molar-refractivity contribution in [2.45, 2.75) is 27.4 Å². The molecule has 7 aromatic rings. The number of benzene rings is 5. The second kappa shape index (κ2) is 17.7. The molecule has 0 fully saturated rings. The number of carbonyl (C=O) groups excluding carboxylic acids is 1. The number of aromatic nitrogens is 2. The Balaban J connectivity index is 0.000000170. The molecule has 2 heterocycles. The van der Waals surface area contributed by atoms with Crippen molar-refractivity contribution in [1.82, 2.24) is 9.97 Å². The van der Waals surface area contributed by atoms with Crippen molar-refractivity contribution in [2.75, 3.05) is 7.11 Å². The van der Waals surface area contributed by atoms with Crippen molar-refractivity contribution >= 4 is 27.8 Å². The van der Waals surface area contributed by atoms with Gasteiger partial charge in [-0.05, 0) is 36.8 Å². The zero-order valence-electron chi connectivity index (χ0n) is 27.3. The van der Waals surface area contributed by atoms with Crippen molar-refractivity contribution in [3.05, 3.63) is 168 Å². The summed E-state index contributed by atoms with van der Waals surface area (Å²) in [4.78, 5) is 21.2. The third-order valence-electron chi connectivity index (χ3n) is 7.17. The Labute approximate surface area is 277 Å². The summed E-state index contributed by atoms with van der Waals surface area (Å²) in [6.07, 6.45) is 0. The third-order valence-corrected chi connectivity index (χ3v) is 7.17. The van der Waals surface area contributed by atoms with E-state index in [1.807, 2.05) is 147 Å². The molecule has 0 unspecified atom stereocenters. The van der Waals surface area contributed by atoms with Crippen LogP contribution in [0.3, 0.4) is 0 Å². The van der Waals surface area contributed by atoms with Crippen molar-refractivity contribution < 1.29 is 14.6 Å². The molecule has 0 saturated heterocycles. The van der Waals surface area contributed by atoms with E-state index in [2.05, 4.69) is 29.0 Å². The number of aliphatic hydroxyl groups is 1. The number of pyridine rings is 2. The number of nitrogens with zero attached hydrogens (tertiary/aromatic N) is 2. The summed E-state index contributed by atoms with van der Waals surface area (Å²) in [5, 5.41) is 11.3. The number of aliphatic hydroxyl groups excluding tert-OH is 1. The molecule has 2 aromatic heterocycles. The first-order chi connectivity index (χ1) is 23.1. The van der Waals surface area contributed by atoms with Crippen LogP contribution in [0.15, 0.2) is 152 Å². The van der Waals surface area contributed by atoms with Crippen LogP contribution in [0, 0.1) is 6.92 Å². The van der Waals surface area contributed by atoms with E-state index < -0.39 is 0 Å². The van der Waals surface area contributed by atoms with Crippen LogP contribution in [0.1, 0.15) is 35.3 Å². The fourth-order valence-electron chi connectivity index (χ4n) is 4.88. The number of ether oxygens (including phenoxy) is 1. The van der Waals surface area contributed by atoms with E-state index in [4.69, 9.17) is 4.74 Å². The van der Waals surface area contributed by atoms with Gasteiger partial charge in [0.25, 0.3) is 0 Å². The highest BCUT2D eigenvalue weighted by Crippen LogP contribution is 2.26. The summed E-state index contributed by atoms with van der Waals surface area (Å²) in [6, 6.07) is 49.3. The predicted octanol–water partition coefficient (Wildman–Crippen LogP) is 10.1. The van der Waals surface area contributed by atoms with E-state index >= 15 is 0 Å². The van der Waals surface area contributed by atoms with Gasteiger partial charge in [-0.2, -0.15) is 0 Å². The molecule has 7 rings (SSSR count). The first-order valence-electron chi connectivity index (χ1n) is 15.7. The van der Waals surface area contributed by atoms with E-state index in [9.17, 15) is 9.90 Å². The molecule has 0 aliphatic rings. The average Bonchev–Trinajstić information content (AvgIpc) is 3.16. The van der Waals surface area contributed by atoms with Crippen LogP contribution in [-0.4, -0.2) is 28.2 Å². The summed E-state index contributed by atoms with van der Waals surface area (Å²) in [6.45, 7) is 6.11. The Kier molecular flexibility index (Phi) is 12.9. The van der Waals surface area contributed by atoms with E-state index in [0.717, 1.165) is 49.9 Å². The molecule has 0 aliphatic carbocycles. The Bertz CT molecular complexity index is 1990. The number of esters is 1. The number of aryl methyl sites for hydroxylation is 1. The number of hydrogen-bond donors (Lipinski definition) is 1. The third kappa shape index (κ3) is 9.19. The van der Waals surface area contributed by atoms with Crippen molar-refractivity contribution in [3.63, 3.8) is 0 Å². The number of methoxy groups -OCH3 is 1. The molecule has 0 aliphatic heterocycles. The number of carbonyl (C=O) groups is 1. The molecule has 0 bridgehead atoms. The van der Waals surface area contributed by atoms with Gasteiger partial charge in [0.1, 0.15) is 0 Å². The molecule has 5 aromatic carbocycles. The summed E-state index contributed by atoms with van der Waals surface area (Å²) in [5.41, 5.74) is 8.19. The van der Waals surface area contributed by atoms with Gasteiger partial charge >= 0.3 is 5.97 Å². The number of fused-ring (bicyclic) bond motifs is 2. The largest absolute Gasteiger partial charge is 0.465 e. The summed E-state index contributed by atoms with van der Waals surface area (Å²) >= 11 is 0. The van der Waals surface area contributed by atoms with Crippen LogP contribution >= 0.6 is 0 Å². The smallest absolute Gasteiger partial charge is 0.338 e. The van der Waals surface area contributed by atoms with Gasteiger partial charge in [0.2, 0.25) is 0 Å². The standard InChI is InChI=1S/C17H13NO2.C16H13NO.C7H8.C2H6/c1-20-17(19)14-11-16(12-7-3-2-4-8-12)18-15-10-6-5-9-13(14)15;18-11-13-10-16(12-6-2-1-3-7-12)17-15-9-5-4-8-14(13)15;1-7-5-3-2-4-6-7;1-2/h2-11H,1H3;1-10,18H,11H2;2-6H,1H3;1-2H3. The van der Waals surface area contributed by atoms with Crippen LogP contribution in [0.4, 0.5) is 0 Å². The number of rotatable bonds is 4. The van der Waals surface area contributed by atoms with E-state index in [1.165, 1.54) is 12.7 Å². The summed E-state index contributed by atoms with van der Waals surface area (Å²) in [7, 11) is 1.39. The molecule has 236 valence electrons. The highest BCUT2D eigenvalue weighted by molar-refractivity contribution is 6.04.